The number of carbonyl (C=O) groups excluding carboxylic acids is 1. The molecule has 10 nitrogen and oxygen atoms in total. The largest absolute Gasteiger partial charge is 0.496 e. The number of carbonyl (C=O) groups is 2. The number of alkyl halides is 6. The smallest absolute Gasteiger partial charge is 0.416 e. The van der Waals surface area contributed by atoms with Crippen molar-refractivity contribution in [3.63, 3.8) is 0 Å². The van der Waals surface area contributed by atoms with Crippen LogP contribution in [0.25, 0.3) is 22.4 Å². The molecule has 4 aromatic rings. The van der Waals surface area contributed by atoms with Crippen molar-refractivity contribution in [2.45, 2.75) is 51.3 Å². The number of pyridine rings is 1. The summed E-state index contributed by atoms with van der Waals surface area (Å²) in [7, 11) is 2.98. The Balaban J connectivity index is 1.42. The van der Waals surface area contributed by atoms with Gasteiger partial charge >= 0.3 is 24.4 Å². The molecular formula is C34H31F6N5O5. The van der Waals surface area contributed by atoms with E-state index < -0.39 is 53.3 Å². The summed E-state index contributed by atoms with van der Waals surface area (Å²) in [4.78, 5) is 33.2. The van der Waals surface area contributed by atoms with Crippen LogP contribution < -0.4 is 9.64 Å². The molecule has 0 bridgehead atoms. The molecule has 16 heteroatoms. The average Bonchev–Trinajstić information content (AvgIpc) is 3.48. The Labute approximate surface area is 281 Å². The van der Waals surface area contributed by atoms with Crippen molar-refractivity contribution in [2.75, 3.05) is 25.1 Å². The van der Waals surface area contributed by atoms with Crippen LogP contribution in [0.4, 0.5) is 37.0 Å². The van der Waals surface area contributed by atoms with Crippen molar-refractivity contribution in [2.24, 2.45) is 7.05 Å². The summed E-state index contributed by atoms with van der Waals surface area (Å²) in [6.07, 6.45) is -11.6. The third-order valence-electron chi connectivity index (χ3n) is 9.04. The fourth-order valence-corrected chi connectivity index (χ4v) is 6.31. The van der Waals surface area contributed by atoms with Crippen molar-refractivity contribution in [3.05, 3.63) is 82.2 Å². The second kappa shape index (κ2) is 12.6. The number of aromatic nitrogens is 3. The summed E-state index contributed by atoms with van der Waals surface area (Å²) in [6.45, 7) is 4.40. The molecule has 0 radical (unpaired) electrons. The molecule has 0 aliphatic carbocycles. The summed E-state index contributed by atoms with van der Waals surface area (Å²) < 4.78 is 94.2. The number of ether oxygens (including phenoxy) is 2. The lowest BCUT2D eigenvalue weighted by Crippen LogP contribution is -2.38. The van der Waals surface area contributed by atoms with Crippen LogP contribution in [-0.2, 0) is 30.7 Å². The van der Waals surface area contributed by atoms with Crippen molar-refractivity contribution in [3.8, 4) is 28.1 Å². The molecule has 1 amide bonds. The molecule has 50 heavy (non-hydrogen) atoms. The highest BCUT2D eigenvalue weighted by Crippen LogP contribution is 2.43. The summed E-state index contributed by atoms with van der Waals surface area (Å²) in [5.74, 6) is -0.115. The predicted molar refractivity (Wildman–Crippen MR) is 168 cm³/mol. The molecule has 4 heterocycles. The van der Waals surface area contributed by atoms with Gasteiger partial charge in [-0.15, -0.1) is 0 Å². The Bertz CT molecular complexity index is 1960. The van der Waals surface area contributed by atoms with E-state index in [1.165, 1.54) is 30.7 Å². The van der Waals surface area contributed by atoms with Gasteiger partial charge in [-0.3, -0.25) is 9.58 Å². The zero-order valence-electron chi connectivity index (χ0n) is 27.2. The zero-order valence-corrected chi connectivity index (χ0v) is 27.2. The van der Waals surface area contributed by atoms with Gasteiger partial charge in [-0.05, 0) is 74.4 Å². The number of halogens is 6. The van der Waals surface area contributed by atoms with Gasteiger partial charge in [0, 0.05) is 42.4 Å². The Morgan fingerprint density at radius 2 is 1.66 bits per heavy atom. The van der Waals surface area contributed by atoms with E-state index in [0.29, 0.717) is 57.3 Å². The first kappa shape index (κ1) is 34.6. The molecule has 6 rings (SSSR count). The number of benzene rings is 2. The van der Waals surface area contributed by atoms with Crippen molar-refractivity contribution >= 4 is 17.9 Å². The number of rotatable bonds is 8. The SMILES string of the molecule is COc1ccc(-c2nn(C)c(C(=O)O)c2C)cc1-c1ccc(N2CCC2)nc1CN1C(=O)OC(c2cc(C(F)(F)F)cc(C(F)(F)F)c2)C1C. The van der Waals surface area contributed by atoms with Gasteiger partial charge in [0.15, 0.2) is 0 Å². The van der Waals surface area contributed by atoms with E-state index in [4.69, 9.17) is 14.5 Å². The Morgan fingerprint density at radius 1 is 1.00 bits per heavy atom. The summed E-state index contributed by atoms with van der Waals surface area (Å²) in [5, 5.41) is 14.1. The third-order valence-corrected chi connectivity index (χ3v) is 9.04. The predicted octanol–water partition coefficient (Wildman–Crippen LogP) is 7.49. The monoisotopic (exact) mass is 703 g/mol. The van der Waals surface area contributed by atoms with Crippen LogP contribution in [0.2, 0.25) is 0 Å². The highest BCUT2D eigenvalue weighted by Gasteiger charge is 2.43. The fraction of sp³-hybridized carbons (Fsp3) is 0.353. The Morgan fingerprint density at radius 3 is 2.20 bits per heavy atom. The maximum Gasteiger partial charge on any atom is 0.416 e. The molecule has 0 saturated carbocycles. The normalized spacial score (nSPS) is 17.9. The van der Waals surface area contributed by atoms with E-state index in [0.717, 1.165) is 19.5 Å². The second-order valence-corrected chi connectivity index (χ2v) is 12.2. The molecule has 2 aromatic heterocycles. The van der Waals surface area contributed by atoms with Crippen molar-refractivity contribution < 1.29 is 50.5 Å². The number of hydrogen-bond donors (Lipinski definition) is 1. The number of anilines is 1. The lowest BCUT2D eigenvalue weighted by molar-refractivity contribution is -0.143. The number of hydrogen-bond acceptors (Lipinski definition) is 7. The number of aryl methyl sites for hydroxylation is 1. The van der Waals surface area contributed by atoms with E-state index in [9.17, 15) is 41.0 Å². The van der Waals surface area contributed by atoms with E-state index in [-0.39, 0.29) is 18.3 Å². The molecule has 1 N–H and O–H groups in total. The van der Waals surface area contributed by atoms with Gasteiger partial charge < -0.3 is 19.5 Å². The third kappa shape index (κ3) is 6.29. The average molecular weight is 704 g/mol. The number of cyclic esters (lactones) is 1. The molecule has 2 atom stereocenters. The quantitative estimate of drug-likeness (QED) is 0.188. The van der Waals surface area contributed by atoms with E-state index in [1.54, 1.807) is 37.3 Å². The summed E-state index contributed by atoms with van der Waals surface area (Å²) in [6, 6.07) is 8.90. The first-order valence-electron chi connectivity index (χ1n) is 15.4. The highest BCUT2D eigenvalue weighted by atomic mass is 19.4. The van der Waals surface area contributed by atoms with Crippen LogP contribution in [0.5, 0.6) is 5.75 Å². The minimum atomic E-state index is -5.08. The van der Waals surface area contributed by atoms with E-state index >= 15 is 0 Å². The summed E-state index contributed by atoms with van der Waals surface area (Å²) >= 11 is 0. The Kier molecular flexibility index (Phi) is 8.68. The number of carboxylic acids is 1. The first-order valence-corrected chi connectivity index (χ1v) is 15.4. The van der Waals surface area contributed by atoms with Crippen LogP contribution in [0.15, 0.2) is 48.5 Å². The summed E-state index contributed by atoms with van der Waals surface area (Å²) in [5.41, 5.74) is -0.643. The standard InChI is InChI=1S/C34H31F6N5O5/c1-17-28(42-43(3)29(17)31(46)47)19-6-8-26(49-4)24(14-19)23-7-9-27(44-10-5-11-44)41-25(23)16-45-18(2)30(50-32(45)48)20-12-21(33(35,36)37)15-22(13-20)34(38,39)40/h6-9,12-15,18,30H,5,10-11,16H2,1-4H3,(H,46,47). The number of methoxy groups -OCH3 is 1. The van der Waals surface area contributed by atoms with Gasteiger partial charge in [-0.2, -0.15) is 31.4 Å². The molecular weight excluding hydrogens is 672 g/mol. The lowest BCUT2D eigenvalue weighted by atomic mass is 9.96. The zero-order chi connectivity index (χ0) is 36.3. The van der Waals surface area contributed by atoms with Crippen LogP contribution in [0.1, 0.15) is 57.9 Å². The number of carboxylic acid groups (broad SMARTS) is 1. The second-order valence-electron chi connectivity index (χ2n) is 12.2. The van der Waals surface area contributed by atoms with Gasteiger partial charge in [0.25, 0.3) is 0 Å². The number of amides is 1. The first-order chi connectivity index (χ1) is 23.5. The minimum absolute atomic E-state index is 0.0119. The molecule has 264 valence electrons. The molecule has 2 aliphatic rings. The van der Waals surface area contributed by atoms with Crippen LogP contribution in [0.3, 0.4) is 0 Å². The van der Waals surface area contributed by atoms with Crippen molar-refractivity contribution in [1.82, 2.24) is 19.7 Å². The van der Waals surface area contributed by atoms with Crippen molar-refractivity contribution in [1.29, 1.82) is 0 Å². The molecule has 2 saturated heterocycles. The van der Waals surface area contributed by atoms with Gasteiger partial charge in [-0.25, -0.2) is 14.6 Å². The fourth-order valence-electron chi connectivity index (χ4n) is 6.31. The maximum absolute atomic E-state index is 13.6. The van der Waals surface area contributed by atoms with Crippen LogP contribution in [-0.4, -0.2) is 63.1 Å². The van der Waals surface area contributed by atoms with Gasteiger partial charge in [0.2, 0.25) is 0 Å². The van der Waals surface area contributed by atoms with E-state index in [1.807, 2.05) is 4.90 Å². The molecule has 2 unspecified atom stereocenters. The Hall–Kier alpha value is -5.28. The maximum atomic E-state index is 13.6. The minimum Gasteiger partial charge on any atom is -0.496 e. The van der Waals surface area contributed by atoms with Crippen LogP contribution >= 0.6 is 0 Å². The number of aromatic carboxylic acids is 1. The number of nitrogens with zero attached hydrogens (tertiary/aromatic N) is 5. The van der Waals surface area contributed by atoms with Crippen LogP contribution in [0, 0.1) is 6.92 Å². The van der Waals surface area contributed by atoms with E-state index in [2.05, 4.69) is 5.10 Å². The highest BCUT2D eigenvalue weighted by molar-refractivity contribution is 5.90. The van der Waals surface area contributed by atoms with Gasteiger partial charge in [0.1, 0.15) is 23.4 Å². The van der Waals surface area contributed by atoms with Gasteiger partial charge in [0.05, 0.1) is 42.2 Å². The lowest BCUT2D eigenvalue weighted by Gasteiger charge is -2.33. The molecule has 2 aromatic carbocycles. The molecule has 2 aliphatic heterocycles. The molecule has 0 spiro atoms. The topological polar surface area (TPSA) is 110 Å². The molecule has 2 fully saturated rings. The van der Waals surface area contributed by atoms with Gasteiger partial charge in [-0.1, -0.05) is 0 Å².